The number of pyridine rings is 1. The molecular weight excluding hydrogens is 168 g/mol. The third-order valence-corrected chi connectivity index (χ3v) is 1.57. The van der Waals surface area contributed by atoms with Gasteiger partial charge in [-0.15, -0.1) is 0 Å². The summed E-state index contributed by atoms with van der Waals surface area (Å²) >= 11 is 0. The smallest absolute Gasteiger partial charge is 0.213 e. The number of nitrogens with two attached hydrogens (primary N) is 1. The van der Waals surface area contributed by atoms with Crippen molar-refractivity contribution < 1.29 is 9.84 Å². The Labute approximate surface area is 77.4 Å². The maximum Gasteiger partial charge on any atom is 0.213 e. The molecule has 0 amide bonds. The molecule has 4 heteroatoms. The first kappa shape index (κ1) is 9.95. The van der Waals surface area contributed by atoms with E-state index < -0.39 is 0 Å². The Bertz CT molecular complexity index is 276. The van der Waals surface area contributed by atoms with Crippen LogP contribution in [0.3, 0.4) is 0 Å². The summed E-state index contributed by atoms with van der Waals surface area (Å²) in [5.41, 5.74) is 7.34. The lowest BCUT2D eigenvalue weighted by Crippen LogP contribution is -2.05. The summed E-state index contributed by atoms with van der Waals surface area (Å²) in [7, 11) is 0. The fraction of sp³-hybridized carbons (Fsp3) is 0.444. The van der Waals surface area contributed by atoms with Crippen LogP contribution in [0.5, 0.6) is 5.88 Å². The first-order valence-electron chi connectivity index (χ1n) is 4.17. The van der Waals surface area contributed by atoms with Gasteiger partial charge in [0.2, 0.25) is 5.88 Å². The number of hydrogen-bond acceptors (Lipinski definition) is 4. The van der Waals surface area contributed by atoms with Crippen LogP contribution in [0.15, 0.2) is 12.1 Å². The first-order valence-corrected chi connectivity index (χ1v) is 4.17. The van der Waals surface area contributed by atoms with Gasteiger partial charge < -0.3 is 15.6 Å². The molecule has 0 bridgehead atoms. The number of aliphatic hydroxyl groups is 1. The second kappa shape index (κ2) is 4.79. The summed E-state index contributed by atoms with van der Waals surface area (Å²) < 4.78 is 5.16. The van der Waals surface area contributed by atoms with Crippen LogP contribution in [0.4, 0.5) is 0 Å². The largest absolute Gasteiger partial charge is 0.475 e. The van der Waals surface area contributed by atoms with Crippen LogP contribution in [-0.4, -0.2) is 23.3 Å². The molecule has 0 aromatic carbocycles. The van der Waals surface area contributed by atoms with Crippen LogP contribution >= 0.6 is 0 Å². The molecule has 0 saturated heterocycles. The number of rotatable bonds is 4. The zero-order chi connectivity index (χ0) is 9.68. The third-order valence-electron chi connectivity index (χ3n) is 1.57. The van der Waals surface area contributed by atoms with E-state index in [4.69, 9.17) is 15.6 Å². The second-order valence-corrected chi connectivity index (χ2v) is 2.73. The minimum Gasteiger partial charge on any atom is -0.475 e. The highest BCUT2D eigenvalue weighted by Crippen LogP contribution is 2.11. The van der Waals surface area contributed by atoms with Gasteiger partial charge >= 0.3 is 0 Å². The van der Waals surface area contributed by atoms with E-state index in [2.05, 4.69) is 4.98 Å². The Morgan fingerprint density at radius 1 is 1.54 bits per heavy atom. The van der Waals surface area contributed by atoms with Gasteiger partial charge in [-0.3, -0.25) is 0 Å². The second-order valence-electron chi connectivity index (χ2n) is 2.73. The highest BCUT2D eigenvalue weighted by Gasteiger charge is 1.99. The van der Waals surface area contributed by atoms with Crippen molar-refractivity contribution in [1.29, 1.82) is 0 Å². The van der Waals surface area contributed by atoms with Gasteiger partial charge in [-0.2, -0.15) is 0 Å². The van der Waals surface area contributed by atoms with Crippen LogP contribution in [0.1, 0.15) is 11.3 Å². The van der Waals surface area contributed by atoms with E-state index in [1.807, 2.05) is 13.0 Å². The zero-order valence-electron chi connectivity index (χ0n) is 7.66. The minimum absolute atomic E-state index is 0.00637. The first-order chi connectivity index (χ1) is 6.26. The van der Waals surface area contributed by atoms with Gasteiger partial charge in [0.15, 0.2) is 0 Å². The molecule has 0 unspecified atom stereocenters. The van der Waals surface area contributed by atoms with Crippen molar-refractivity contribution in [3.05, 3.63) is 23.4 Å². The van der Waals surface area contributed by atoms with Crippen molar-refractivity contribution in [1.82, 2.24) is 4.98 Å². The van der Waals surface area contributed by atoms with E-state index in [1.165, 1.54) is 0 Å². The molecule has 1 heterocycles. The summed E-state index contributed by atoms with van der Waals surface area (Å²) in [6, 6.07) is 3.69. The van der Waals surface area contributed by atoms with E-state index in [-0.39, 0.29) is 13.2 Å². The molecule has 1 rings (SSSR count). The summed E-state index contributed by atoms with van der Waals surface area (Å²) in [5, 5.41) is 8.55. The Kier molecular flexibility index (Phi) is 3.67. The quantitative estimate of drug-likeness (QED) is 0.699. The molecule has 4 nitrogen and oxygen atoms in total. The fourth-order valence-electron chi connectivity index (χ4n) is 1.05. The Morgan fingerprint density at radius 2 is 2.31 bits per heavy atom. The average Bonchev–Trinajstić information content (AvgIpc) is 2.14. The van der Waals surface area contributed by atoms with Crippen LogP contribution in [0, 0.1) is 6.92 Å². The summed E-state index contributed by atoms with van der Waals surface area (Å²) in [4.78, 5) is 4.13. The van der Waals surface area contributed by atoms with E-state index in [1.54, 1.807) is 6.07 Å². The molecule has 0 radical (unpaired) electrons. The molecular formula is C9H14N2O2. The van der Waals surface area contributed by atoms with Crippen molar-refractivity contribution in [2.45, 2.75) is 13.5 Å². The fourth-order valence-corrected chi connectivity index (χ4v) is 1.05. The highest BCUT2D eigenvalue weighted by atomic mass is 16.5. The minimum atomic E-state index is -0.00637. The lowest BCUT2D eigenvalue weighted by molar-refractivity contribution is 0.196. The molecule has 0 aliphatic heterocycles. The summed E-state index contributed by atoms with van der Waals surface area (Å²) in [6.45, 7) is 2.61. The maximum atomic E-state index is 8.55. The number of nitrogens with zero attached hydrogens (tertiary/aromatic N) is 1. The zero-order valence-corrected chi connectivity index (χ0v) is 7.66. The van der Waals surface area contributed by atoms with Crippen LogP contribution in [0.2, 0.25) is 0 Å². The Morgan fingerprint density at radius 3 is 2.92 bits per heavy atom. The van der Waals surface area contributed by atoms with E-state index in [0.29, 0.717) is 12.4 Å². The number of hydrogen-bond donors (Lipinski definition) is 2. The van der Waals surface area contributed by atoms with E-state index in [0.717, 1.165) is 11.3 Å². The van der Waals surface area contributed by atoms with Crippen molar-refractivity contribution in [2.24, 2.45) is 5.73 Å². The molecule has 13 heavy (non-hydrogen) atoms. The molecule has 0 spiro atoms. The SMILES string of the molecule is Cc1cc(CN)cc(OCCO)n1. The molecule has 3 N–H and O–H groups in total. The number of ether oxygens (including phenoxy) is 1. The lowest BCUT2D eigenvalue weighted by atomic mass is 10.2. The molecule has 72 valence electrons. The maximum absolute atomic E-state index is 8.55. The Balaban J connectivity index is 2.76. The van der Waals surface area contributed by atoms with Crippen LogP contribution in [-0.2, 0) is 6.54 Å². The van der Waals surface area contributed by atoms with Crippen molar-refractivity contribution >= 4 is 0 Å². The van der Waals surface area contributed by atoms with Gasteiger partial charge in [0.1, 0.15) is 6.61 Å². The van der Waals surface area contributed by atoms with Gasteiger partial charge in [-0.1, -0.05) is 0 Å². The molecule has 1 aromatic heterocycles. The van der Waals surface area contributed by atoms with Crippen LogP contribution < -0.4 is 10.5 Å². The van der Waals surface area contributed by atoms with Crippen LogP contribution in [0.25, 0.3) is 0 Å². The van der Waals surface area contributed by atoms with E-state index in [9.17, 15) is 0 Å². The van der Waals surface area contributed by atoms with Crippen molar-refractivity contribution in [3.8, 4) is 5.88 Å². The van der Waals surface area contributed by atoms with Gasteiger partial charge in [0.25, 0.3) is 0 Å². The number of aliphatic hydroxyl groups excluding tert-OH is 1. The third kappa shape index (κ3) is 3.01. The molecule has 0 fully saturated rings. The van der Waals surface area contributed by atoms with Gasteiger partial charge in [0.05, 0.1) is 6.61 Å². The predicted octanol–water partition coefficient (Wildman–Crippen LogP) is 0.220. The number of aryl methyl sites for hydroxylation is 1. The molecule has 0 atom stereocenters. The molecule has 0 aliphatic carbocycles. The molecule has 1 aromatic rings. The predicted molar refractivity (Wildman–Crippen MR) is 49.4 cm³/mol. The normalized spacial score (nSPS) is 10.1. The molecule has 0 saturated carbocycles. The number of aromatic nitrogens is 1. The lowest BCUT2D eigenvalue weighted by Gasteiger charge is -2.05. The van der Waals surface area contributed by atoms with Gasteiger partial charge in [-0.25, -0.2) is 4.98 Å². The highest BCUT2D eigenvalue weighted by molar-refractivity contribution is 5.24. The Hall–Kier alpha value is -1.13. The summed E-state index contributed by atoms with van der Waals surface area (Å²) in [6.07, 6.45) is 0. The summed E-state index contributed by atoms with van der Waals surface area (Å²) in [5.74, 6) is 0.523. The van der Waals surface area contributed by atoms with Crippen molar-refractivity contribution in [2.75, 3.05) is 13.2 Å². The monoisotopic (exact) mass is 182 g/mol. The van der Waals surface area contributed by atoms with Gasteiger partial charge in [-0.05, 0) is 18.6 Å². The molecule has 0 aliphatic rings. The standard InChI is InChI=1S/C9H14N2O2/c1-7-4-8(6-10)5-9(11-7)13-3-2-12/h4-5,12H,2-3,6,10H2,1H3. The van der Waals surface area contributed by atoms with E-state index >= 15 is 0 Å². The average molecular weight is 182 g/mol. The van der Waals surface area contributed by atoms with Gasteiger partial charge in [0, 0.05) is 18.3 Å². The topological polar surface area (TPSA) is 68.4 Å². The van der Waals surface area contributed by atoms with Crippen molar-refractivity contribution in [3.63, 3.8) is 0 Å².